The molecule has 3 N–H and O–H groups in total. The van der Waals surface area contributed by atoms with Gasteiger partial charge in [0, 0.05) is 13.2 Å². The molecule has 0 aromatic carbocycles. The third kappa shape index (κ3) is 1.65. The minimum atomic E-state index is -0.165. The van der Waals surface area contributed by atoms with Crippen molar-refractivity contribution in [3.05, 3.63) is 11.4 Å². The molecule has 1 unspecified atom stereocenters. The number of aryl methyl sites for hydroxylation is 1. The molecule has 14 heavy (non-hydrogen) atoms. The normalized spacial score (nSPS) is 17.9. The molecule has 1 aromatic heterocycles. The van der Waals surface area contributed by atoms with Gasteiger partial charge in [-0.1, -0.05) is 5.21 Å². The number of hydrogen-bond acceptors (Lipinski definition) is 4. The van der Waals surface area contributed by atoms with Crippen molar-refractivity contribution in [2.45, 2.75) is 38.3 Å². The van der Waals surface area contributed by atoms with Gasteiger partial charge in [-0.2, -0.15) is 0 Å². The zero-order valence-electron chi connectivity index (χ0n) is 8.19. The molecule has 78 valence electrons. The van der Waals surface area contributed by atoms with Crippen molar-refractivity contribution in [1.29, 1.82) is 0 Å². The van der Waals surface area contributed by atoms with Gasteiger partial charge in [0.1, 0.15) is 5.69 Å². The smallest absolute Gasteiger partial charge is 0.103 e. The number of rotatable bonds is 3. The van der Waals surface area contributed by atoms with E-state index in [4.69, 9.17) is 10.8 Å². The minimum Gasteiger partial charge on any atom is -0.396 e. The lowest BCUT2D eigenvalue weighted by molar-refractivity contribution is 0.275. The highest BCUT2D eigenvalue weighted by atomic mass is 16.3. The average Bonchev–Trinajstić information content (AvgIpc) is 2.61. The number of aliphatic hydroxyl groups excluding tert-OH is 1. The number of aliphatic hydroxyl groups is 1. The van der Waals surface area contributed by atoms with Crippen LogP contribution >= 0.6 is 0 Å². The Morgan fingerprint density at radius 3 is 3.14 bits per heavy atom. The van der Waals surface area contributed by atoms with Crippen molar-refractivity contribution in [2.24, 2.45) is 5.73 Å². The molecular formula is C9H16N4O. The van der Waals surface area contributed by atoms with Crippen LogP contribution in [-0.2, 0) is 13.0 Å². The van der Waals surface area contributed by atoms with E-state index >= 15 is 0 Å². The molecule has 0 fully saturated rings. The highest BCUT2D eigenvalue weighted by Gasteiger charge is 2.20. The number of nitrogens with zero attached hydrogens (tertiary/aromatic N) is 3. The molecule has 0 bridgehead atoms. The van der Waals surface area contributed by atoms with Crippen molar-refractivity contribution < 1.29 is 5.11 Å². The quantitative estimate of drug-likeness (QED) is 0.713. The van der Waals surface area contributed by atoms with Crippen LogP contribution in [0.2, 0.25) is 0 Å². The number of fused-ring (bicyclic) bond motifs is 1. The molecule has 2 rings (SSSR count). The summed E-state index contributed by atoms with van der Waals surface area (Å²) in [6.07, 6.45) is 3.93. The van der Waals surface area contributed by atoms with Crippen LogP contribution in [0.25, 0.3) is 0 Å². The SMILES string of the molecule is NC(CCO)c1nnn2c1CCCC2. The Morgan fingerprint density at radius 1 is 1.50 bits per heavy atom. The highest BCUT2D eigenvalue weighted by molar-refractivity contribution is 5.15. The van der Waals surface area contributed by atoms with E-state index < -0.39 is 0 Å². The summed E-state index contributed by atoms with van der Waals surface area (Å²) in [6.45, 7) is 1.06. The summed E-state index contributed by atoms with van der Waals surface area (Å²) in [5.41, 5.74) is 7.94. The van der Waals surface area contributed by atoms with Gasteiger partial charge in [-0.05, 0) is 25.7 Å². The Bertz CT molecular complexity index is 310. The maximum absolute atomic E-state index is 8.80. The number of hydrogen-bond donors (Lipinski definition) is 2. The first-order chi connectivity index (χ1) is 6.83. The molecule has 1 aliphatic rings. The van der Waals surface area contributed by atoms with E-state index in [9.17, 15) is 0 Å². The Labute approximate surface area is 82.9 Å². The molecule has 1 atom stereocenters. The van der Waals surface area contributed by atoms with E-state index in [1.165, 1.54) is 12.8 Å². The number of aromatic nitrogens is 3. The summed E-state index contributed by atoms with van der Waals surface area (Å²) < 4.78 is 1.94. The minimum absolute atomic E-state index is 0.105. The van der Waals surface area contributed by atoms with Crippen LogP contribution in [-0.4, -0.2) is 26.7 Å². The third-order valence-electron chi connectivity index (χ3n) is 2.69. The number of nitrogens with two attached hydrogens (primary N) is 1. The van der Waals surface area contributed by atoms with Gasteiger partial charge in [0.15, 0.2) is 0 Å². The van der Waals surface area contributed by atoms with Gasteiger partial charge in [-0.15, -0.1) is 5.10 Å². The molecule has 5 nitrogen and oxygen atoms in total. The standard InChI is InChI=1S/C9H16N4O/c10-7(4-6-14)9-8-3-1-2-5-13(8)12-11-9/h7,14H,1-6,10H2. The lowest BCUT2D eigenvalue weighted by atomic mass is 10.0. The van der Waals surface area contributed by atoms with E-state index in [1.807, 2.05) is 4.68 Å². The first-order valence-electron chi connectivity index (χ1n) is 5.11. The average molecular weight is 196 g/mol. The molecule has 2 heterocycles. The van der Waals surface area contributed by atoms with Gasteiger partial charge in [0.05, 0.1) is 11.7 Å². The second-order valence-electron chi connectivity index (χ2n) is 3.72. The van der Waals surface area contributed by atoms with Crippen molar-refractivity contribution in [2.75, 3.05) is 6.61 Å². The van der Waals surface area contributed by atoms with Crippen molar-refractivity contribution in [3.8, 4) is 0 Å². The topological polar surface area (TPSA) is 77.0 Å². The van der Waals surface area contributed by atoms with E-state index in [-0.39, 0.29) is 12.6 Å². The Morgan fingerprint density at radius 2 is 2.36 bits per heavy atom. The molecule has 5 heteroatoms. The lowest BCUT2D eigenvalue weighted by Gasteiger charge is -2.15. The van der Waals surface area contributed by atoms with Gasteiger partial charge in [-0.3, -0.25) is 0 Å². The van der Waals surface area contributed by atoms with Crippen molar-refractivity contribution in [1.82, 2.24) is 15.0 Å². The summed E-state index contributed by atoms with van der Waals surface area (Å²) in [6, 6.07) is -0.165. The van der Waals surface area contributed by atoms with Crippen molar-refractivity contribution in [3.63, 3.8) is 0 Å². The van der Waals surface area contributed by atoms with E-state index in [2.05, 4.69) is 10.3 Å². The van der Waals surface area contributed by atoms with E-state index in [0.717, 1.165) is 24.4 Å². The molecular weight excluding hydrogens is 180 g/mol. The maximum Gasteiger partial charge on any atom is 0.103 e. The second-order valence-corrected chi connectivity index (χ2v) is 3.72. The van der Waals surface area contributed by atoms with Gasteiger partial charge < -0.3 is 10.8 Å². The zero-order chi connectivity index (χ0) is 9.97. The zero-order valence-corrected chi connectivity index (χ0v) is 8.19. The van der Waals surface area contributed by atoms with E-state index in [1.54, 1.807) is 0 Å². The molecule has 0 aliphatic carbocycles. The molecule has 0 radical (unpaired) electrons. The summed E-state index contributed by atoms with van der Waals surface area (Å²) in [4.78, 5) is 0. The fourth-order valence-electron chi connectivity index (χ4n) is 1.90. The fourth-order valence-corrected chi connectivity index (χ4v) is 1.90. The molecule has 0 saturated carbocycles. The van der Waals surface area contributed by atoms with Crippen LogP contribution < -0.4 is 5.73 Å². The van der Waals surface area contributed by atoms with Crippen LogP contribution in [0, 0.1) is 0 Å². The summed E-state index contributed by atoms with van der Waals surface area (Å²) in [7, 11) is 0. The molecule has 0 spiro atoms. The van der Waals surface area contributed by atoms with E-state index in [0.29, 0.717) is 6.42 Å². The van der Waals surface area contributed by atoms with Crippen LogP contribution in [0.4, 0.5) is 0 Å². The Kier molecular flexibility index (Phi) is 2.79. The third-order valence-corrected chi connectivity index (χ3v) is 2.69. The summed E-state index contributed by atoms with van der Waals surface area (Å²) in [5.74, 6) is 0. The van der Waals surface area contributed by atoms with Gasteiger partial charge in [-0.25, -0.2) is 4.68 Å². The molecule has 1 aromatic rings. The molecule has 0 saturated heterocycles. The highest BCUT2D eigenvalue weighted by Crippen LogP contribution is 2.21. The van der Waals surface area contributed by atoms with Crippen LogP contribution in [0.15, 0.2) is 0 Å². The first kappa shape index (κ1) is 9.61. The molecule has 0 amide bonds. The monoisotopic (exact) mass is 196 g/mol. The van der Waals surface area contributed by atoms with Crippen molar-refractivity contribution >= 4 is 0 Å². The largest absolute Gasteiger partial charge is 0.396 e. The van der Waals surface area contributed by atoms with Gasteiger partial charge in [0.2, 0.25) is 0 Å². The maximum atomic E-state index is 8.80. The predicted octanol–water partition coefficient (Wildman–Crippen LogP) is -0.00340. The first-order valence-corrected chi connectivity index (χ1v) is 5.11. The molecule has 1 aliphatic heterocycles. The fraction of sp³-hybridized carbons (Fsp3) is 0.778. The summed E-state index contributed by atoms with van der Waals surface area (Å²) >= 11 is 0. The van der Waals surface area contributed by atoms with Crippen LogP contribution in [0.1, 0.15) is 36.7 Å². The Hall–Kier alpha value is -0.940. The van der Waals surface area contributed by atoms with Gasteiger partial charge >= 0.3 is 0 Å². The summed E-state index contributed by atoms with van der Waals surface area (Å²) in [5, 5.41) is 17.0. The van der Waals surface area contributed by atoms with Crippen LogP contribution in [0.5, 0.6) is 0 Å². The predicted molar refractivity (Wildman–Crippen MR) is 51.6 cm³/mol. The second kappa shape index (κ2) is 4.06. The van der Waals surface area contributed by atoms with Crippen LogP contribution in [0.3, 0.4) is 0 Å². The Balaban J connectivity index is 2.21. The lowest BCUT2D eigenvalue weighted by Crippen LogP contribution is -2.17. The van der Waals surface area contributed by atoms with Gasteiger partial charge in [0.25, 0.3) is 0 Å².